The molecule has 0 saturated heterocycles. The second-order valence-corrected chi connectivity index (χ2v) is 7.93. The average molecular weight is 485 g/mol. The number of ether oxygens (including phenoxy) is 2. The van der Waals surface area contributed by atoms with Crippen LogP contribution in [0.3, 0.4) is 0 Å². The molecule has 1 aromatic carbocycles. The second-order valence-electron chi connectivity index (χ2n) is 7.93. The molecule has 34 heavy (non-hydrogen) atoms. The molecule has 1 aromatic rings. The Morgan fingerprint density at radius 3 is 2.53 bits per heavy atom. The number of fused-ring (bicyclic) bond motifs is 1. The number of cyclic esters (lactones) is 1. The molecule has 0 aliphatic carbocycles. The van der Waals surface area contributed by atoms with Crippen molar-refractivity contribution in [1.29, 1.82) is 0 Å². The number of carbonyl (C=O) groups excluding carboxylic acids is 4. The number of benzene rings is 1. The van der Waals surface area contributed by atoms with E-state index in [-0.39, 0.29) is 29.7 Å². The number of esters is 2. The number of rotatable bonds is 3. The van der Waals surface area contributed by atoms with Gasteiger partial charge in [0.15, 0.2) is 6.10 Å². The standard InChI is InChI=1S/C23H26F3NO7/c1-4-27-15-10-14-6-5-7-18(34-22(32)23(24,25)26)20(30)16(28)9-8-12(2)13(3)33-21(31)19(14)17(29)11-15/h5-6,10-13,18,27,29H,4,7-9H2,1-3H3/b6-5+/t12-,13+,18+/m1/s1. The Morgan fingerprint density at radius 1 is 1.24 bits per heavy atom. The van der Waals surface area contributed by atoms with E-state index < -0.39 is 54.2 Å². The highest BCUT2D eigenvalue weighted by Crippen LogP contribution is 2.30. The van der Waals surface area contributed by atoms with Crippen LogP contribution in [-0.2, 0) is 23.9 Å². The van der Waals surface area contributed by atoms with E-state index in [0.717, 1.165) is 0 Å². The monoisotopic (exact) mass is 485 g/mol. The molecule has 0 saturated carbocycles. The largest absolute Gasteiger partial charge is 0.507 e. The van der Waals surface area contributed by atoms with Crippen LogP contribution in [0, 0.1) is 5.92 Å². The first-order valence-electron chi connectivity index (χ1n) is 10.7. The fourth-order valence-electron chi connectivity index (χ4n) is 3.27. The maximum atomic E-state index is 12.8. The third kappa shape index (κ3) is 6.82. The van der Waals surface area contributed by atoms with Gasteiger partial charge in [-0.15, -0.1) is 0 Å². The molecule has 8 nitrogen and oxygen atoms in total. The Kier molecular flexibility index (Phi) is 8.83. The summed E-state index contributed by atoms with van der Waals surface area (Å²) < 4.78 is 47.8. The normalized spacial score (nSPS) is 23.4. The molecular formula is C23H26F3NO7. The van der Waals surface area contributed by atoms with Crippen LogP contribution in [0.2, 0.25) is 0 Å². The number of hydrogen-bond acceptors (Lipinski definition) is 8. The van der Waals surface area contributed by atoms with E-state index in [2.05, 4.69) is 10.1 Å². The van der Waals surface area contributed by atoms with Gasteiger partial charge in [-0.3, -0.25) is 9.59 Å². The number of carbonyl (C=O) groups is 4. The van der Waals surface area contributed by atoms with Crippen molar-refractivity contribution in [3.63, 3.8) is 0 Å². The first-order chi connectivity index (χ1) is 15.8. The molecule has 0 unspecified atom stereocenters. The van der Waals surface area contributed by atoms with Crippen LogP contribution in [0.15, 0.2) is 18.2 Å². The summed E-state index contributed by atoms with van der Waals surface area (Å²) >= 11 is 0. The second kappa shape index (κ2) is 11.2. The summed E-state index contributed by atoms with van der Waals surface area (Å²) in [5.74, 6) is -6.47. The summed E-state index contributed by atoms with van der Waals surface area (Å²) in [5, 5.41) is 13.4. The van der Waals surface area contributed by atoms with Crippen molar-refractivity contribution in [2.75, 3.05) is 11.9 Å². The van der Waals surface area contributed by atoms with Crippen molar-refractivity contribution >= 4 is 35.3 Å². The minimum absolute atomic E-state index is 0.0903. The van der Waals surface area contributed by atoms with E-state index in [9.17, 15) is 37.5 Å². The third-order valence-corrected chi connectivity index (χ3v) is 5.35. The number of nitrogens with one attached hydrogen (secondary N) is 1. The number of anilines is 1. The van der Waals surface area contributed by atoms with Crippen LogP contribution in [0.25, 0.3) is 6.08 Å². The maximum absolute atomic E-state index is 12.8. The fraction of sp³-hybridized carbons (Fsp3) is 0.478. The predicted octanol–water partition coefficient (Wildman–Crippen LogP) is 3.81. The van der Waals surface area contributed by atoms with Crippen molar-refractivity contribution in [2.45, 2.75) is 58.4 Å². The van der Waals surface area contributed by atoms with E-state index in [1.807, 2.05) is 0 Å². The topological polar surface area (TPSA) is 119 Å². The summed E-state index contributed by atoms with van der Waals surface area (Å²) in [7, 11) is 0. The van der Waals surface area contributed by atoms with Gasteiger partial charge in [-0.2, -0.15) is 13.2 Å². The highest BCUT2D eigenvalue weighted by molar-refractivity contribution is 6.39. The highest BCUT2D eigenvalue weighted by atomic mass is 19.4. The van der Waals surface area contributed by atoms with E-state index in [1.165, 1.54) is 24.3 Å². The molecule has 3 atom stereocenters. The van der Waals surface area contributed by atoms with Crippen molar-refractivity contribution in [3.8, 4) is 5.75 Å². The molecule has 2 rings (SSSR count). The van der Waals surface area contributed by atoms with Crippen LogP contribution >= 0.6 is 0 Å². The number of aromatic hydroxyl groups is 1. The van der Waals surface area contributed by atoms with E-state index >= 15 is 0 Å². The molecule has 11 heteroatoms. The summed E-state index contributed by atoms with van der Waals surface area (Å²) in [6, 6.07) is 2.82. The molecular weight excluding hydrogens is 459 g/mol. The lowest BCUT2D eigenvalue weighted by molar-refractivity contribution is -0.204. The molecule has 0 bridgehead atoms. The van der Waals surface area contributed by atoms with Gasteiger partial charge in [-0.25, -0.2) is 9.59 Å². The maximum Gasteiger partial charge on any atom is 0.490 e. The van der Waals surface area contributed by atoms with Gasteiger partial charge in [0.2, 0.25) is 11.6 Å². The van der Waals surface area contributed by atoms with Crippen LogP contribution in [0.1, 0.15) is 56.0 Å². The fourth-order valence-corrected chi connectivity index (χ4v) is 3.27. The minimum atomic E-state index is -5.35. The molecule has 0 fully saturated rings. The summed E-state index contributed by atoms with van der Waals surface area (Å²) in [6.45, 7) is 5.54. The van der Waals surface area contributed by atoms with Crippen LogP contribution in [0.4, 0.5) is 18.9 Å². The number of halogens is 3. The number of alkyl halides is 3. The number of Topliss-reactive ketones (excluding diaryl/α,β-unsaturated/α-hetero) is 2. The zero-order valence-corrected chi connectivity index (χ0v) is 18.9. The molecule has 1 heterocycles. The number of ketones is 2. The molecule has 0 amide bonds. The quantitative estimate of drug-likeness (QED) is 0.490. The van der Waals surface area contributed by atoms with Crippen molar-refractivity contribution in [2.24, 2.45) is 5.92 Å². The van der Waals surface area contributed by atoms with Crippen molar-refractivity contribution in [1.82, 2.24) is 0 Å². The zero-order valence-electron chi connectivity index (χ0n) is 18.9. The summed E-state index contributed by atoms with van der Waals surface area (Å²) in [4.78, 5) is 48.9. The van der Waals surface area contributed by atoms with Crippen LogP contribution in [0.5, 0.6) is 5.75 Å². The lowest BCUT2D eigenvalue weighted by Gasteiger charge is -2.22. The summed E-state index contributed by atoms with van der Waals surface area (Å²) in [5.41, 5.74) is 0.419. The van der Waals surface area contributed by atoms with E-state index in [4.69, 9.17) is 4.74 Å². The Balaban J connectivity index is 2.52. The molecule has 1 aliphatic rings. The van der Waals surface area contributed by atoms with Gasteiger partial charge in [0.25, 0.3) is 0 Å². The lowest BCUT2D eigenvalue weighted by atomic mass is 9.95. The highest BCUT2D eigenvalue weighted by Gasteiger charge is 2.43. The Hall–Kier alpha value is -3.37. The average Bonchev–Trinajstić information content (AvgIpc) is 2.74. The number of hydrogen-bond donors (Lipinski definition) is 2. The molecule has 0 radical (unpaired) electrons. The van der Waals surface area contributed by atoms with Crippen molar-refractivity contribution < 1.29 is 46.9 Å². The third-order valence-electron chi connectivity index (χ3n) is 5.35. The molecule has 186 valence electrons. The van der Waals surface area contributed by atoms with Gasteiger partial charge >= 0.3 is 18.1 Å². The van der Waals surface area contributed by atoms with Crippen molar-refractivity contribution in [3.05, 3.63) is 29.3 Å². The molecule has 0 spiro atoms. The van der Waals surface area contributed by atoms with Gasteiger partial charge < -0.3 is 19.9 Å². The molecule has 2 N–H and O–H groups in total. The zero-order chi connectivity index (χ0) is 25.6. The predicted molar refractivity (Wildman–Crippen MR) is 115 cm³/mol. The van der Waals surface area contributed by atoms with E-state index in [0.29, 0.717) is 12.2 Å². The Bertz CT molecular complexity index is 988. The van der Waals surface area contributed by atoms with Gasteiger partial charge in [0.1, 0.15) is 17.4 Å². The van der Waals surface area contributed by atoms with Gasteiger partial charge in [-0.1, -0.05) is 19.1 Å². The van der Waals surface area contributed by atoms with Gasteiger partial charge in [0, 0.05) is 31.1 Å². The Labute approximate surface area is 194 Å². The van der Waals surface area contributed by atoms with Crippen LogP contribution < -0.4 is 5.32 Å². The lowest BCUT2D eigenvalue weighted by Crippen LogP contribution is -2.37. The Morgan fingerprint density at radius 2 is 1.91 bits per heavy atom. The smallest absolute Gasteiger partial charge is 0.490 e. The SMILES string of the molecule is CCNc1cc(O)c2c(c1)/C=C/C[C@H](OC(=O)C(F)(F)F)C(=O)C(=O)CC[C@@H](C)[C@H](C)OC2=O. The van der Waals surface area contributed by atoms with E-state index in [1.54, 1.807) is 20.8 Å². The van der Waals surface area contributed by atoms with Gasteiger partial charge in [-0.05, 0) is 37.8 Å². The molecule has 0 aromatic heterocycles. The minimum Gasteiger partial charge on any atom is -0.507 e. The number of phenolic OH excluding ortho intramolecular Hbond substituents is 1. The van der Waals surface area contributed by atoms with Crippen LogP contribution in [-0.4, -0.2) is 53.5 Å². The summed E-state index contributed by atoms with van der Waals surface area (Å²) in [6.07, 6.45) is -6.40. The number of phenols is 1. The first kappa shape index (κ1) is 26.9. The van der Waals surface area contributed by atoms with Gasteiger partial charge in [0.05, 0.1) is 0 Å². The molecule has 1 aliphatic heterocycles. The first-order valence-corrected chi connectivity index (χ1v) is 10.7.